The predicted molar refractivity (Wildman–Crippen MR) is 33.7 cm³/mol. The highest BCUT2D eigenvalue weighted by molar-refractivity contribution is 4.77. The lowest BCUT2D eigenvalue weighted by Gasteiger charge is -1.92. The van der Waals surface area contributed by atoms with Gasteiger partial charge in [-0.05, 0) is 6.08 Å². The maximum absolute atomic E-state index is 8.25. The first-order chi connectivity index (χ1) is 3.91. The summed E-state index contributed by atoms with van der Waals surface area (Å²) in [6.07, 6.45) is 1.77. The topological polar surface area (TPSA) is 32.3 Å². The second kappa shape index (κ2) is 6.44. The Hall–Kier alpha value is -0.560. The largest absolute Gasteiger partial charge is 0.395 e. The molecule has 2 heteroatoms. The number of rotatable bonds is 4. The lowest BCUT2D eigenvalue weighted by atomic mass is 10.5. The van der Waals surface area contributed by atoms with Crippen LogP contribution in [-0.4, -0.2) is 24.8 Å². The van der Waals surface area contributed by atoms with Crippen LogP contribution in [0.25, 0.3) is 0 Å². The molecule has 0 spiro atoms. The first-order valence-electron chi connectivity index (χ1n) is 2.57. The SMILES string of the molecule is C=C=CCNCCO. The molecule has 2 N–H and O–H groups in total. The summed E-state index contributed by atoms with van der Waals surface area (Å²) < 4.78 is 0. The minimum absolute atomic E-state index is 0.185. The van der Waals surface area contributed by atoms with Crippen molar-refractivity contribution >= 4 is 0 Å². The first kappa shape index (κ1) is 7.44. The second-order valence-electron chi connectivity index (χ2n) is 1.34. The average molecular weight is 113 g/mol. The molecule has 0 aromatic rings. The van der Waals surface area contributed by atoms with Gasteiger partial charge in [0.1, 0.15) is 0 Å². The molecule has 0 saturated carbocycles. The maximum atomic E-state index is 8.25. The fourth-order valence-electron chi connectivity index (χ4n) is 0.325. The molecule has 0 atom stereocenters. The Bertz CT molecular complexity index is 84.5. The van der Waals surface area contributed by atoms with Gasteiger partial charge in [-0.3, -0.25) is 0 Å². The Morgan fingerprint density at radius 3 is 3.00 bits per heavy atom. The van der Waals surface area contributed by atoms with Gasteiger partial charge in [0.15, 0.2) is 0 Å². The Kier molecular flexibility index (Phi) is 5.99. The third kappa shape index (κ3) is 5.44. The summed E-state index contributed by atoms with van der Waals surface area (Å²) in [4.78, 5) is 0. The fraction of sp³-hybridized carbons (Fsp3) is 0.500. The Morgan fingerprint density at radius 1 is 1.75 bits per heavy atom. The summed E-state index contributed by atoms with van der Waals surface area (Å²) in [5.41, 5.74) is 2.61. The van der Waals surface area contributed by atoms with Crippen molar-refractivity contribution in [3.05, 3.63) is 18.4 Å². The molecule has 0 aliphatic rings. The molecule has 8 heavy (non-hydrogen) atoms. The maximum Gasteiger partial charge on any atom is 0.0556 e. The molecule has 0 radical (unpaired) electrons. The quantitative estimate of drug-likeness (QED) is 0.394. The predicted octanol–water partition coefficient (Wildman–Crippen LogP) is -0.0906. The van der Waals surface area contributed by atoms with E-state index in [1.54, 1.807) is 6.08 Å². The van der Waals surface area contributed by atoms with Crippen LogP contribution in [0.4, 0.5) is 0 Å². The van der Waals surface area contributed by atoms with E-state index in [0.29, 0.717) is 6.54 Å². The van der Waals surface area contributed by atoms with E-state index in [-0.39, 0.29) is 6.61 Å². The molecular formula is C6H11NO. The van der Waals surface area contributed by atoms with Gasteiger partial charge in [-0.2, -0.15) is 0 Å². The fourth-order valence-corrected chi connectivity index (χ4v) is 0.325. The van der Waals surface area contributed by atoms with Crippen molar-refractivity contribution in [2.75, 3.05) is 19.7 Å². The zero-order valence-corrected chi connectivity index (χ0v) is 4.85. The smallest absolute Gasteiger partial charge is 0.0556 e. The van der Waals surface area contributed by atoms with E-state index in [9.17, 15) is 0 Å². The molecule has 0 aliphatic heterocycles. The Balaban J connectivity index is 2.82. The summed E-state index contributed by atoms with van der Waals surface area (Å²) in [5.74, 6) is 0. The average Bonchev–Trinajstić information content (AvgIpc) is 1.81. The van der Waals surface area contributed by atoms with Gasteiger partial charge in [-0.15, -0.1) is 5.73 Å². The van der Waals surface area contributed by atoms with Gasteiger partial charge in [0.05, 0.1) is 6.61 Å². The molecular weight excluding hydrogens is 102 g/mol. The minimum Gasteiger partial charge on any atom is -0.395 e. The van der Waals surface area contributed by atoms with E-state index < -0.39 is 0 Å². The number of aliphatic hydroxyl groups excluding tert-OH is 1. The van der Waals surface area contributed by atoms with E-state index in [2.05, 4.69) is 17.6 Å². The van der Waals surface area contributed by atoms with Gasteiger partial charge < -0.3 is 10.4 Å². The molecule has 0 saturated heterocycles. The summed E-state index contributed by atoms with van der Waals surface area (Å²) in [6, 6.07) is 0. The number of nitrogens with one attached hydrogen (secondary N) is 1. The van der Waals surface area contributed by atoms with Gasteiger partial charge >= 0.3 is 0 Å². The third-order valence-electron chi connectivity index (χ3n) is 0.679. The van der Waals surface area contributed by atoms with Gasteiger partial charge in [-0.25, -0.2) is 0 Å². The van der Waals surface area contributed by atoms with Crippen LogP contribution in [0.15, 0.2) is 18.4 Å². The molecule has 0 heterocycles. The van der Waals surface area contributed by atoms with Crippen LogP contribution < -0.4 is 5.32 Å². The molecule has 0 fully saturated rings. The van der Waals surface area contributed by atoms with Gasteiger partial charge in [0.25, 0.3) is 0 Å². The number of hydrogen-bond donors (Lipinski definition) is 2. The second-order valence-corrected chi connectivity index (χ2v) is 1.34. The normalized spacial score (nSPS) is 8.12. The van der Waals surface area contributed by atoms with Crippen molar-refractivity contribution in [2.24, 2.45) is 0 Å². The zero-order chi connectivity index (χ0) is 6.24. The summed E-state index contributed by atoms with van der Waals surface area (Å²) in [6.45, 7) is 4.94. The Morgan fingerprint density at radius 2 is 2.50 bits per heavy atom. The highest BCUT2D eigenvalue weighted by Gasteiger charge is 1.75. The molecule has 0 aromatic heterocycles. The monoisotopic (exact) mass is 113 g/mol. The molecule has 46 valence electrons. The lowest BCUT2D eigenvalue weighted by molar-refractivity contribution is 0.294. The summed E-state index contributed by atoms with van der Waals surface area (Å²) >= 11 is 0. The molecule has 0 aliphatic carbocycles. The number of aliphatic hydroxyl groups is 1. The molecule has 2 nitrogen and oxygen atoms in total. The van der Waals surface area contributed by atoms with Crippen LogP contribution in [0, 0.1) is 0 Å². The first-order valence-corrected chi connectivity index (χ1v) is 2.57. The molecule has 0 bridgehead atoms. The van der Waals surface area contributed by atoms with Crippen molar-refractivity contribution in [1.82, 2.24) is 5.32 Å². The number of hydrogen-bond acceptors (Lipinski definition) is 2. The van der Waals surface area contributed by atoms with Crippen molar-refractivity contribution in [3.63, 3.8) is 0 Å². The summed E-state index contributed by atoms with van der Waals surface area (Å²) in [7, 11) is 0. The lowest BCUT2D eigenvalue weighted by Crippen LogP contribution is -2.17. The zero-order valence-electron chi connectivity index (χ0n) is 4.85. The third-order valence-corrected chi connectivity index (χ3v) is 0.679. The van der Waals surface area contributed by atoms with Crippen LogP contribution in [0.3, 0.4) is 0 Å². The van der Waals surface area contributed by atoms with Crippen LogP contribution in [0.1, 0.15) is 0 Å². The highest BCUT2D eigenvalue weighted by atomic mass is 16.3. The van der Waals surface area contributed by atoms with E-state index in [1.807, 2.05) is 0 Å². The van der Waals surface area contributed by atoms with Gasteiger partial charge in [0, 0.05) is 13.1 Å². The highest BCUT2D eigenvalue weighted by Crippen LogP contribution is 1.59. The Labute approximate surface area is 49.5 Å². The minimum atomic E-state index is 0.185. The van der Waals surface area contributed by atoms with E-state index in [1.165, 1.54) is 0 Å². The summed E-state index contributed by atoms with van der Waals surface area (Å²) in [5, 5.41) is 11.2. The van der Waals surface area contributed by atoms with Crippen LogP contribution >= 0.6 is 0 Å². The van der Waals surface area contributed by atoms with Crippen molar-refractivity contribution in [3.8, 4) is 0 Å². The van der Waals surface area contributed by atoms with E-state index in [0.717, 1.165) is 6.54 Å². The molecule has 0 rings (SSSR count). The molecule has 0 amide bonds. The van der Waals surface area contributed by atoms with Crippen LogP contribution in [0.2, 0.25) is 0 Å². The van der Waals surface area contributed by atoms with Crippen LogP contribution in [0.5, 0.6) is 0 Å². The standard InChI is InChI=1S/C6H11NO/c1-2-3-4-7-5-6-8/h3,7-8H,1,4-6H2. The van der Waals surface area contributed by atoms with Gasteiger partial charge in [-0.1, -0.05) is 6.58 Å². The van der Waals surface area contributed by atoms with Crippen molar-refractivity contribution < 1.29 is 5.11 Å². The van der Waals surface area contributed by atoms with E-state index in [4.69, 9.17) is 5.11 Å². The van der Waals surface area contributed by atoms with Gasteiger partial charge in [0.2, 0.25) is 0 Å². The van der Waals surface area contributed by atoms with Crippen molar-refractivity contribution in [1.29, 1.82) is 0 Å². The van der Waals surface area contributed by atoms with Crippen LogP contribution in [-0.2, 0) is 0 Å². The van der Waals surface area contributed by atoms with E-state index >= 15 is 0 Å². The molecule has 0 aromatic carbocycles. The van der Waals surface area contributed by atoms with Crippen molar-refractivity contribution in [2.45, 2.75) is 0 Å². The molecule has 0 unspecified atom stereocenters.